The molecule has 0 aliphatic carbocycles. The molecule has 0 spiro atoms. The van der Waals surface area contributed by atoms with Crippen molar-refractivity contribution in [2.75, 3.05) is 7.11 Å². The number of methoxy groups -OCH3 is 1. The molecule has 1 N–H and O–H groups in total. The second kappa shape index (κ2) is 5.78. The fourth-order valence-electron chi connectivity index (χ4n) is 2.03. The highest BCUT2D eigenvalue weighted by Crippen LogP contribution is 2.34. The third kappa shape index (κ3) is 3.27. The number of nitrogens with zero attached hydrogens (tertiary/aromatic N) is 1. The molecule has 0 bridgehead atoms. The van der Waals surface area contributed by atoms with Crippen LogP contribution in [0.4, 0.5) is 0 Å². The molecule has 0 aliphatic heterocycles. The molecule has 112 valence electrons. The number of hydrogen-bond acceptors (Lipinski definition) is 3. The molecule has 0 saturated carbocycles. The SMILES string of the molecule is COc1ccc(Cl)cc1-c1[nH]c(C(C)(C)C)nc(=S)c1C. The number of benzene rings is 1. The number of rotatable bonds is 2. The van der Waals surface area contributed by atoms with E-state index in [1.807, 2.05) is 19.1 Å². The third-order valence-corrected chi connectivity index (χ3v) is 3.93. The fraction of sp³-hybridized carbons (Fsp3) is 0.375. The summed E-state index contributed by atoms with van der Waals surface area (Å²) >= 11 is 11.5. The van der Waals surface area contributed by atoms with Gasteiger partial charge in [0.05, 0.1) is 12.8 Å². The van der Waals surface area contributed by atoms with Crippen LogP contribution < -0.4 is 4.74 Å². The first-order chi connectivity index (χ1) is 9.74. The number of H-pyrrole nitrogens is 1. The summed E-state index contributed by atoms with van der Waals surface area (Å²) < 4.78 is 6.04. The topological polar surface area (TPSA) is 37.9 Å². The number of hydrogen-bond donors (Lipinski definition) is 1. The van der Waals surface area contributed by atoms with Crippen LogP contribution in [0.1, 0.15) is 32.2 Å². The van der Waals surface area contributed by atoms with Gasteiger partial charge in [0.2, 0.25) is 0 Å². The average molecular weight is 323 g/mol. The number of halogens is 1. The van der Waals surface area contributed by atoms with E-state index in [2.05, 4.69) is 30.7 Å². The maximum Gasteiger partial charge on any atom is 0.133 e. The van der Waals surface area contributed by atoms with Gasteiger partial charge in [0.1, 0.15) is 16.2 Å². The van der Waals surface area contributed by atoms with E-state index >= 15 is 0 Å². The highest BCUT2D eigenvalue weighted by Gasteiger charge is 2.20. The Morgan fingerprint density at radius 2 is 1.95 bits per heavy atom. The molecule has 0 radical (unpaired) electrons. The van der Waals surface area contributed by atoms with Crippen LogP contribution in [0.3, 0.4) is 0 Å². The van der Waals surface area contributed by atoms with E-state index in [9.17, 15) is 0 Å². The molecule has 0 saturated heterocycles. The van der Waals surface area contributed by atoms with E-state index in [-0.39, 0.29) is 5.41 Å². The summed E-state index contributed by atoms with van der Waals surface area (Å²) in [6, 6.07) is 5.53. The summed E-state index contributed by atoms with van der Waals surface area (Å²) in [7, 11) is 1.64. The van der Waals surface area contributed by atoms with E-state index in [1.165, 1.54) is 0 Å². The predicted octanol–water partition coefficient (Wildman–Crippen LogP) is 5.07. The van der Waals surface area contributed by atoms with Crippen molar-refractivity contribution in [3.05, 3.63) is 39.3 Å². The van der Waals surface area contributed by atoms with Crippen molar-refractivity contribution in [3.63, 3.8) is 0 Å². The quantitative estimate of drug-likeness (QED) is 0.784. The smallest absolute Gasteiger partial charge is 0.133 e. The molecule has 1 aromatic heterocycles. The lowest BCUT2D eigenvalue weighted by molar-refractivity contribution is 0.416. The molecule has 1 heterocycles. The Bertz CT molecular complexity index is 732. The van der Waals surface area contributed by atoms with Crippen LogP contribution >= 0.6 is 23.8 Å². The number of ether oxygens (including phenoxy) is 1. The molecule has 0 unspecified atom stereocenters. The lowest BCUT2D eigenvalue weighted by Crippen LogP contribution is -2.17. The minimum absolute atomic E-state index is 0.123. The minimum Gasteiger partial charge on any atom is -0.496 e. The van der Waals surface area contributed by atoms with Crippen LogP contribution in [-0.4, -0.2) is 17.1 Å². The molecule has 2 aromatic rings. The Hall–Kier alpha value is -1.39. The summed E-state index contributed by atoms with van der Waals surface area (Å²) in [6.45, 7) is 8.23. The van der Waals surface area contributed by atoms with E-state index in [1.54, 1.807) is 13.2 Å². The van der Waals surface area contributed by atoms with Crippen molar-refractivity contribution in [1.82, 2.24) is 9.97 Å². The Morgan fingerprint density at radius 3 is 2.52 bits per heavy atom. The summed E-state index contributed by atoms with van der Waals surface area (Å²) in [5, 5.41) is 0.652. The number of nitrogens with one attached hydrogen (secondary N) is 1. The van der Waals surface area contributed by atoms with E-state index in [4.69, 9.17) is 28.6 Å². The van der Waals surface area contributed by atoms with Gasteiger partial charge in [-0.05, 0) is 25.1 Å². The molecule has 0 atom stereocenters. The Labute approximate surface area is 135 Å². The summed E-state index contributed by atoms with van der Waals surface area (Å²) in [6.07, 6.45) is 0. The molecule has 0 aliphatic rings. The zero-order valence-corrected chi connectivity index (χ0v) is 14.4. The van der Waals surface area contributed by atoms with Crippen molar-refractivity contribution < 1.29 is 4.74 Å². The van der Waals surface area contributed by atoms with Gasteiger partial charge in [0.15, 0.2) is 0 Å². The van der Waals surface area contributed by atoms with Gasteiger partial charge in [0.25, 0.3) is 0 Å². The maximum absolute atomic E-state index is 6.13. The Balaban J connectivity index is 2.78. The largest absolute Gasteiger partial charge is 0.496 e. The fourth-order valence-corrected chi connectivity index (χ4v) is 2.40. The second-order valence-corrected chi connectivity index (χ2v) is 6.81. The maximum atomic E-state index is 6.13. The van der Waals surface area contributed by atoms with Crippen molar-refractivity contribution >= 4 is 23.8 Å². The van der Waals surface area contributed by atoms with Gasteiger partial charge in [0, 0.05) is 21.6 Å². The molecule has 2 rings (SSSR count). The molecular formula is C16H19ClN2OS. The first-order valence-electron chi connectivity index (χ1n) is 6.69. The molecule has 5 heteroatoms. The third-order valence-electron chi connectivity index (χ3n) is 3.29. The predicted molar refractivity (Wildman–Crippen MR) is 89.9 cm³/mol. The zero-order chi connectivity index (χ0) is 15.8. The van der Waals surface area contributed by atoms with Crippen molar-refractivity contribution in [2.45, 2.75) is 33.1 Å². The van der Waals surface area contributed by atoms with Crippen LogP contribution in [0.5, 0.6) is 5.75 Å². The lowest BCUT2D eigenvalue weighted by Gasteiger charge is -2.20. The molecule has 3 nitrogen and oxygen atoms in total. The summed E-state index contributed by atoms with van der Waals surface area (Å²) in [5.41, 5.74) is 2.58. The highest BCUT2D eigenvalue weighted by molar-refractivity contribution is 7.71. The summed E-state index contributed by atoms with van der Waals surface area (Å²) in [4.78, 5) is 7.89. The van der Waals surface area contributed by atoms with Gasteiger partial charge in [-0.2, -0.15) is 0 Å². The van der Waals surface area contributed by atoms with Gasteiger partial charge in [-0.1, -0.05) is 44.6 Å². The monoisotopic (exact) mass is 322 g/mol. The van der Waals surface area contributed by atoms with Gasteiger partial charge in [-0.3, -0.25) is 0 Å². The molecular weight excluding hydrogens is 304 g/mol. The van der Waals surface area contributed by atoms with Gasteiger partial charge in [-0.15, -0.1) is 0 Å². The average Bonchev–Trinajstić information content (AvgIpc) is 2.40. The lowest BCUT2D eigenvalue weighted by atomic mass is 9.95. The second-order valence-electron chi connectivity index (χ2n) is 5.99. The molecule has 0 amide bonds. The standard InChI is InChI=1S/C16H19ClN2OS/c1-9-13(11-8-10(17)6-7-12(11)20-5)18-15(16(2,3)4)19-14(9)21/h6-8H,1-5H3,(H,18,19,21). The summed E-state index contributed by atoms with van der Waals surface area (Å²) in [5.74, 6) is 1.59. The van der Waals surface area contributed by atoms with Gasteiger partial charge < -0.3 is 9.72 Å². The van der Waals surface area contributed by atoms with Crippen LogP contribution in [0.2, 0.25) is 5.02 Å². The van der Waals surface area contributed by atoms with Gasteiger partial charge >= 0.3 is 0 Å². The van der Waals surface area contributed by atoms with E-state index in [0.717, 1.165) is 28.4 Å². The normalized spacial score (nSPS) is 11.5. The van der Waals surface area contributed by atoms with E-state index < -0.39 is 0 Å². The van der Waals surface area contributed by atoms with Crippen molar-refractivity contribution in [2.24, 2.45) is 0 Å². The van der Waals surface area contributed by atoms with E-state index in [0.29, 0.717) is 9.66 Å². The van der Waals surface area contributed by atoms with Crippen LogP contribution in [0.25, 0.3) is 11.3 Å². The van der Waals surface area contributed by atoms with Crippen LogP contribution in [-0.2, 0) is 5.41 Å². The van der Waals surface area contributed by atoms with Crippen LogP contribution in [0, 0.1) is 11.6 Å². The van der Waals surface area contributed by atoms with Crippen molar-refractivity contribution in [1.29, 1.82) is 0 Å². The number of aromatic nitrogens is 2. The molecule has 1 aromatic carbocycles. The highest BCUT2D eigenvalue weighted by atomic mass is 35.5. The zero-order valence-electron chi connectivity index (χ0n) is 12.9. The van der Waals surface area contributed by atoms with Crippen LogP contribution in [0.15, 0.2) is 18.2 Å². The Morgan fingerprint density at radius 1 is 1.29 bits per heavy atom. The number of aromatic amines is 1. The first kappa shape index (κ1) is 16.0. The Kier molecular flexibility index (Phi) is 4.40. The minimum atomic E-state index is -0.123. The van der Waals surface area contributed by atoms with Gasteiger partial charge in [-0.25, -0.2) is 4.98 Å². The molecule has 21 heavy (non-hydrogen) atoms. The first-order valence-corrected chi connectivity index (χ1v) is 7.48. The molecule has 0 fully saturated rings. The van der Waals surface area contributed by atoms with Crippen molar-refractivity contribution in [3.8, 4) is 17.0 Å².